The number of hydrogen-bond donors (Lipinski definition) is 1. The van der Waals surface area contributed by atoms with E-state index in [9.17, 15) is 14.4 Å². The molecule has 0 aliphatic carbocycles. The van der Waals surface area contributed by atoms with Gasteiger partial charge in [0.1, 0.15) is 0 Å². The van der Waals surface area contributed by atoms with Crippen molar-refractivity contribution in [3.05, 3.63) is 12.2 Å². The van der Waals surface area contributed by atoms with Crippen LogP contribution in [0.1, 0.15) is 71.1 Å². The lowest BCUT2D eigenvalue weighted by Gasteiger charge is -2.12. The van der Waals surface area contributed by atoms with Crippen molar-refractivity contribution in [2.75, 3.05) is 6.54 Å². The zero-order valence-electron chi connectivity index (χ0n) is 13.6. The van der Waals surface area contributed by atoms with Crippen LogP contribution in [0.4, 0.5) is 4.79 Å². The van der Waals surface area contributed by atoms with Crippen LogP contribution in [-0.4, -0.2) is 29.3 Å². The lowest BCUT2D eigenvalue weighted by Crippen LogP contribution is -2.43. The highest BCUT2D eigenvalue weighted by Crippen LogP contribution is 2.10. The van der Waals surface area contributed by atoms with Gasteiger partial charge in [-0.1, -0.05) is 64.7 Å². The molecule has 5 heteroatoms. The molecule has 0 aromatic rings. The summed E-state index contributed by atoms with van der Waals surface area (Å²) in [7, 11) is 0. The third-order valence-electron chi connectivity index (χ3n) is 3.82. The van der Waals surface area contributed by atoms with E-state index in [0.29, 0.717) is 11.4 Å². The van der Waals surface area contributed by atoms with Gasteiger partial charge in [-0.25, -0.2) is 4.79 Å². The molecule has 0 saturated heterocycles. The number of hydrogen-bond acceptors (Lipinski definition) is 3. The summed E-state index contributed by atoms with van der Waals surface area (Å²) in [6, 6.07) is -0.615. The van der Waals surface area contributed by atoms with Crippen LogP contribution in [0.15, 0.2) is 12.2 Å². The molecule has 0 aromatic heterocycles. The molecule has 0 unspecified atom stereocenters. The number of nitrogens with one attached hydrogen (secondary N) is 1. The van der Waals surface area contributed by atoms with Gasteiger partial charge in [-0.3, -0.25) is 9.59 Å². The SMILES string of the molecule is CCCCCCCCCCCCNC(=O)N1C(=O)C=CC1=O. The van der Waals surface area contributed by atoms with Gasteiger partial charge >= 0.3 is 6.03 Å². The highest BCUT2D eigenvalue weighted by atomic mass is 16.2. The monoisotopic (exact) mass is 308 g/mol. The summed E-state index contributed by atoms with van der Waals surface area (Å²) >= 11 is 0. The summed E-state index contributed by atoms with van der Waals surface area (Å²) in [6.45, 7) is 2.73. The van der Waals surface area contributed by atoms with E-state index in [1.807, 2.05) is 0 Å². The molecule has 0 bridgehead atoms. The van der Waals surface area contributed by atoms with Gasteiger partial charge < -0.3 is 5.32 Å². The summed E-state index contributed by atoms with van der Waals surface area (Å²) in [5, 5.41) is 2.62. The minimum absolute atomic E-state index is 0.506. The highest BCUT2D eigenvalue weighted by Gasteiger charge is 2.29. The Morgan fingerprint density at radius 2 is 1.32 bits per heavy atom. The average molecular weight is 308 g/mol. The van der Waals surface area contributed by atoms with Crippen molar-refractivity contribution in [1.82, 2.24) is 10.2 Å². The van der Waals surface area contributed by atoms with E-state index in [-0.39, 0.29) is 0 Å². The Bertz CT molecular complexity index is 387. The molecule has 124 valence electrons. The number of carbonyl (C=O) groups is 3. The molecule has 5 nitrogen and oxygen atoms in total. The molecule has 0 atom stereocenters. The maximum atomic E-state index is 11.7. The maximum Gasteiger partial charge on any atom is 0.331 e. The number of rotatable bonds is 11. The second-order valence-corrected chi connectivity index (χ2v) is 5.76. The minimum atomic E-state index is -0.615. The van der Waals surface area contributed by atoms with Crippen molar-refractivity contribution in [3.8, 4) is 0 Å². The van der Waals surface area contributed by atoms with Gasteiger partial charge in [0.25, 0.3) is 11.8 Å². The Morgan fingerprint density at radius 3 is 1.82 bits per heavy atom. The number of nitrogens with zero attached hydrogens (tertiary/aromatic N) is 1. The molecule has 0 saturated carbocycles. The Kier molecular flexibility index (Phi) is 9.19. The van der Waals surface area contributed by atoms with Gasteiger partial charge in [-0.15, -0.1) is 0 Å². The maximum absolute atomic E-state index is 11.7. The lowest BCUT2D eigenvalue weighted by atomic mass is 10.1. The van der Waals surface area contributed by atoms with Gasteiger partial charge in [-0.2, -0.15) is 4.90 Å². The van der Waals surface area contributed by atoms with Crippen LogP contribution in [0.3, 0.4) is 0 Å². The molecule has 1 aliphatic rings. The van der Waals surface area contributed by atoms with E-state index in [1.54, 1.807) is 0 Å². The summed E-state index contributed by atoms with van der Waals surface area (Å²) in [5.74, 6) is -1.13. The van der Waals surface area contributed by atoms with Crippen molar-refractivity contribution in [3.63, 3.8) is 0 Å². The first-order valence-corrected chi connectivity index (χ1v) is 8.50. The highest BCUT2D eigenvalue weighted by molar-refractivity contribution is 6.22. The van der Waals surface area contributed by atoms with Crippen LogP contribution < -0.4 is 5.32 Å². The number of imide groups is 3. The molecular weight excluding hydrogens is 280 g/mol. The Labute approximate surface area is 133 Å². The molecule has 1 aliphatic heterocycles. The van der Waals surface area contributed by atoms with Crippen molar-refractivity contribution in [1.29, 1.82) is 0 Å². The van der Waals surface area contributed by atoms with E-state index >= 15 is 0 Å². The van der Waals surface area contributed by atoms with E-state index in [2.05, 4.69) is 12.2 Å². The first-order valence-electron chi connectivity index (χ1n) is 8.50. The van der Waals surface area contributed by atoms with Gasteiger partial charge in [0, 0.05) is 18.7 Å². The van der Waals surface area contributed by atoms with E-state index in [0.717, 1.165) is 25.0 Å². The third kappa shape index (κ3) is 6.87. The zero-order valence-corrected chi connectivity index (χ0v) is 13.6. The summed E-state index contributed by atoms with van der Waals surface area (Å²) in [6.07, 6.45) is 14.5. The van der Waals surface area contributed by atoms with Gasteiger partial charge in [-0.05, 0) is 6.42 Å². The smallest absolute Gasteiger partial charge is 0.331 e. The standard InChI is InChI=1S/C17H28N2O3/c1-2-3-4-5-6-7-8-9-10-11-14-18-17(22)19-15(20)12-13-16(19)21/h12-13H,2-11,14H2,1H3,(H,18,22). The van der Waals surface area contributed by atoms with Crippen LogP contribution in [0.2, 0.25) is 0 Å². The third-order valence-corrected chi connectivity index (χ3v) is 3.82. The average Bonchev–Trinajstić information content (AvgIpc) is 2.83. The van der Waals surface area contributed by atoms with Crippen LogP contribution in [0.5, 0.6) is 0 Å². The van der Waals surface area contributed by atoms with Crippen molar-refractivity contribution >= 4 is 17.8 Å². The van der Waals surface area contributed by atoms with E-state index < -0.39 is 17.8 Å². The van der Waals surface area contributed by atoms with Crippen LogP contribution in [0, 0.1) is 0 Å². The van der Waals surface area contributed by atoms with Gasteiger partial charge in [0.2, 0.25) is 0 Å². The number of carbonyl (C=O) groups excluding carboxylic acids is 3. The number of amides is 4. The van der Waals surface area contributed by atoms with E-state index in [1.165, 1.54) is 51.4 Å². The summed E-state index contributed by atoms with van der Waals surface area (Å²) in [4.78, 5) is 34.9. The van der Waals surface area contributed by atoms with Crippen molar-refractivity contribution in [2.24, 2.45) is 0 Å². The molecule has 0 spiro atoms. The molecule has 1 N–H and O–H groups in total. The van der Waals surface area contributed by atoms with Gasteiger partial charge in [0.05, 0.1) is 0 Å². The number of urea groups is 1. The molecule has 1 heterocycles. The van der Waals surface area contributed by atoms with Crippen LogP contribution in [-0.2, 0) is 9.59 Å². The predicted molar refractivity (Wildman–Crippen MR) is 86.2 cm³/mol. The Balaban J connectivity index is 1.92. The fraction of sp³-hybridized carbons (Fsp3) is 0.706. The van der Waals surface area contributed by atoms with Crippen molar-refractivity contribution < 1.29 is 14.4 Å². The van der Waals surface area contributed by atoms with Crippen LogP contribution in [0.25, 0.3) is 0 Å². The first kappa shape index (κ1) is 18.4. The van der Waals surface area contributed by atoms with E-state index in [4.69, 9.17) is 0 Å². The lowest BCUT2D eigenvalue weighted by molar-refractivity contribution is -0.133. The van der Waals surface area contributed by atoms with Crippen molar-refractivity contribution in [2.45, 2.75) is 71.1 Å². The molecule has 0 radical (unpaired) electrons. The Hall–Kier alpha value is -1.65. The topological polar surface area (TPSA) is 66.5 Å². The second-order valence-electron chi connectivity index (χ2n) is 5.76. The quantitative estimate of drug-likeness (QED) is 0.469. The summed E-state index contributed by atoms with van der Waals surface area (Å²) < 4.78 is 0. The molecule has 0 fully saturated rings. The minimum Gasteiger partial charge on any atom is -0.337 e. The zero-order chi connectivity index (χ0) is 16.2. The molecule has 4 amide bonds. The molecular formula is C17H28N2O3. The molecule has 0 aromatic carbocycles. The van der Waals surface area contributed by atoms with Gasteiger partial charge in [0.15, 0.2) is 0 Å². The number of unbranched alkanes of at least 4 members (excludes halogenated alkanes) is 9. The van der Waals surface area contributed by atoms with Crippen LogP contribution >= 0.6 is 0 Å². The Morgan fingerprint density at radius 1 is 0.864 bits per heavy atom. The predicted octanol–water partition coefficient (Wildman–Crippen LogP) is 3.54. The fourth-order valence-electron chi connectivity index (χ4n) is 2.49. The first-order chi connectivity index (χ1) is 10.7. The fourth-order valence-corrected chi connectivity index (χ4v) is 2.49. The molecule has 1 rings (SSSR count). The summed E-state index contributed by atoms with van der Waals surface area (Å²) in [5.41, 5.74) is 0. The normalized spacial score (nSPS) is 14.0. The second kappa shape index (κ2) is 11.0. The largest absolute Gasteiger partial charge is 0.337 e. The molecule has 22 heavy (non-hydrogen) atoms.